The maximum Gasteiger partial charge on any atom is 0.422 e. The maximum absolute atomic E-state index is 14.0. The molecule has 5 rings (SSSR count). The number of carbonyl (C=O) groups is 1. The molecule has 190 valence electrons. The van der Waals surface area contributed by atoms with Crippen LogP contribution in [0.25, 0.3) is 5.69 Å². The maximum atomic E-state index is 14.0. The van der Waals surface area contributed by atoms with Crippen LogP contribution in [0.15, 0.2) is 41.6 Å². The van der Waals surface area contributed by atoms with Crippen molar-refractivity contribution in [2.75, 3.05) is 13.1 Å². The fourth-order valence-electron chi connectivity index (χ4n) is 4.76. The van der Waals surface area contributed by atoms with Crippen molar-refractivity contribution in [2.24, 2.45) is 0 Å². The number of aromatic nitrogens is 3. The van der Waals surface area contributed by atoms with Crippen LogP contribution in [0.2, 0.25) is 0 Å². The molecular formula is C24H21F5N4O3. The van der Waals surface area contributed by atoms with Crippen molar-refractivity contribution in [3.05, 3.63) is 81.3 Å². The first kappa shape index (κ1) is 24.2. The predicted molar refractivity (Wildman–Crippen MR) is 117 cm³/mol. The van der Waals surface area contributed by atoms with Gasteiger partial charge in [0.2, 0.25) is 0 Å². The fourth-order valence-corrected chi connectivity index (χ4v) is 4.76. The third-order valence-electron chi connectivity index (χ3n) is 6.50. The molecule has 0 aliphatic carbocycles. The summed E-state index contributed by atoms with van der Waals surface area (Å²) in [6, 6.07) is 4.43. The van der Waals surface area contributed by atoms with Crippen LogP contribution in [0.5, 0.6) is 0 Å². The second kappa shape index (κ2) is 8.84. The number of hydrogen-bond donors (Lipinski definition) is 0. The number of imidazole rings is 1. The van der Waals surface area contributed by atoms with Crippen molar-refractivity contribution in [1.29, 1.82) is 0 Å². The van der Waals surface area contributed by atoms with E-state index in [2.05, 4.69) is 4.98 Å². The van der Waals surface area contributed by atoms with Crippen LogP contribution in [0.3, 0.4) is 0 Å². The third kappa shape index (κ3) is 4.29. The fraction of sp³-hybridized carbons (Fsp3) is 0.375. The Labute approximate surface area is 201 Å². The minimum absolute atomic E-state index is 0.0235. The van der Waals surface area contributed by atoms with Crippen LogP contribution >= 0.6 is 0 Å². The molecule has 0 bridgehead atoms. The van der Waals surface area contributed by atoms with E-state index in [1.807, 2.05) is 0 Å². The van der Waals surface area contributed by atoms with Crippen LogP contribution in [-0.2, 0) is 17.5 Å². The summed E-state index contributed by atoms with van der Waals surface area (Å²) in [5.41, 5.74) is -0.922. The van der Waals surface area contributed by atoms with Crippen LogP contribution in [-0.4, -0.2) is 44.1 Å². The van der Waals surface area contributed by atoms with Crippen LogP contribution in [0.4, 0.5) is 22.0 Å². The number of halogens is 5. The Balaban J connectivity index is 1.29. The monoisotopic (exact) mass is 508 g/mol. The predicted octanol–water partition coefficient (Wildman–Crippen LogP) is 4.02. The average molecular weight is 508 g/mol. The van der Waals surface area contributed by atoms with Gasteiger partial charge in [0.1, 0.15) is 28.6 Å². The van der Waals surface area contributed by atoms with Crippen molar-refractivity contribution in [3.63, 3.8) is 0 Å². The zero-order chi connectivity index (χ0) is 25.8. The number of hydrogen-bond acceptors (Lipinski definition) is 4. The summed E-state index contributed by atoms with van der Waals surface area (Å²) in [7, 11) is 0. The Morgan fingerprint density at radius 1 is 1.08 bits per heavy atom. The summed E-state index contributed by atoms with van der Waals surface area (Å²) in [6.45, 7) is 2.50. The molecule has 1 amide bonds. The first-order valence-electron chi connectivity index (χ1n) is 11.3. The average Bonchev–Trinajstić information content (AvgIpc) is 3.44. The molecule has 1 fully saturated rings. The van der Waals surface area contributed by atoms with Gasteiger partial charge in [0.05, 0.1) is 24.2 Å². The molecule has 1 aromatic carbocycles. The Kier molecular flexibility index (Phi) is 5.93. The van der Waals surface area contributed by atoms with Gasteiger partial charge in [0.15, 0.2) is 0 Å². The second-order valence-electron chi connectivity index (χ2n) is 8.92. The number of pyridine rings is 1. The quantitative estimate of drug-likeness (QED) is 0.500. The molecule has 0 unspecified atom stereocenters. The number of alkyl halides is 3. The third-order valence-corrected chi connectivity index (χ3v) is 6.50. The van der Waals surface area contributed by atoms with E-state index in [0.29, 0.717) is 30.7 Å². The molecule has 2 aliphatic heterocycles. The van der Waals surface area contributed by atoms with Crippen LogP contribution < -0.4 is 5.56 Å². The summed E-state index contributed by atoms with van der Waals surface area (Å²) in [5.74, 6) is -3.74. The van der Waals surface area contributed by atoms with Crippen LogP contribution in [0, 0.1) is 18.6 Å². The number of ether oxygens (including phenoxy) is 1. The van der Waals surface area contributed by atoms with Gasteiger partial charge in [-0.2, -0.15) is 13.2 Å². The van der Waals surface area contributed by atoms with E-state index in [0.717, 1.165) is 5.69 Å². The number of benzene rings is 1. The molecular weight excluding hydrogens is 487 g/mol. The van der Waals surface area contributed by atoms with Crippen molar-refractivity contribution in [2.45, 2.75) is 44.7 Å². The van der Waals surface area contributed by atoms with E-state index in [1.54, 1.807) is 29.8 Å². The summed E-state index contributed by atoms with van der Waals surface area (Å²) < 4.78 is 75.4. The number of fused-ring (bicyclic) bond motifs is 1. The van der Waals surface area contributed by atoms with Gasteiger partial charge in [0, 0.05) is 25.8 Å². The van der Waals surface area contributed by atoms with Crippen molar-refractivity contribution >= 4 is 5.91 Å². The highest BCUT2D eigenvalue weighted by Crippen LogP contribution is 2.38. The van der Waals surface area contributed by atoms with Gasteiger partial charge >= 0.3 is 6.18 Å². The molecule has 36 heavy (non-hydrogen) atoms. The SMILES string of the molecule is Cc1cn(-c2ccc3n(c2=O)CCN(C[C@@H]2CC[C@H](c4cc(F)c(C(F)(F)F)c(F)c4)O2)C3=O)cn1. The highest BCUT2D eigenvalue weighted by atomic mass is 19.4. The molecule has 2 aliphatic rings. The second-order valence-corrected chi connectivity index (χ2v) is 8.92. The molecule has 2 atom stereocenters. The summed E-state index contributed by atoms with van der Waals surface area (Å²) in [5, 5.41) is 0. The first-order valence-corrected chi connectivity index (χ1v) is 11.3. The number of rotatable bonds is 4. The smallest absolute Gasteiger partial charge is 0.368 e. The Morgan fingerprint density at radius 3 is 2.44 bits per heavy atom. The largest absolute Gasteiger partial charge is 0.422 e. The molecule has 0 spiro atoms. The number of carbonyl (C=O) groups excluding carboxylic acids is 1. The van der Waals surface area contributed by atoms with E-state index in [9.17, 15) is 31.5 Å². The zero-order valence-electron chi connectivity index (χ0n) is 19.1. The topological polar surface area (TPSA) is 69.4 Å². The lowest BCUT2D eigenvalue weighted by Gasteiger charge is -2.31. The van der Waals surface area contributed by atoms with E-state index in [-0.39, 0.29) is 42.4 Å². The Morgan fingerprint density at radius 2 is 1.81 bits per heavy atom. The highest BCUT2D eigenvalue weighted by molar-refractivity contribution is 5.93. The molecule has 7 nitrogen and oxygen atoms in total. The molecule has 0 radical (unpaired) electrons. The minimum Gasteiger partial charge on any atom is -0.368 e. The molecule has 0 saturated carbocycles. The molecule has 3 aromatic rings. The van der Waals surface area contributed by atoms with E-state index in [1.165, 1.54) is 15.8 Å². The summed E-state index contributed by atoms with van der Waals surface area (Å²) >= 11 is 0. The van der Waals surface area contributed by atoms with Gasteiger partial charge < -0.3 is 18.8 Å². The van der Waals surface area contributed by atoms with E-state index in [4.69, 9.17) is 4.74 Å². The standard InChI is InChI=1S/C24H21F5N4O3/c1-13-10-32(12-30-13)18-3-4-19-22(34)31(6-7-33(19)23(18)35)11-15-2-5-20(36-15)14-8-16(25)21(17(26)9-14)24(27,28)29/h3-4,8-10,12,15,20H,2,5-7,11H2,1H3/t15-,20+/m0/s1. The molecule has 4 heterocycles. The lowest BCUT2D eigenvalue weighted by atomic mass is 10.0. The minimum atomic E-state index is -5.14. The number of nitrogens with zero attached hydrogens (tertiary/aromatic N) is 4. The Bertz CT molecular complexity index is 1370. The van der Waals surface area contributed by atoms with Gasteiger partial charge in [-0.25, -0.2) is 13.8 Å². The first-order chi connectivity index (χ1) is 17.0. The lowest BCUT2D eigenvalue weighted by molar-refractivity contribution is -0.142. The highest BCUT2D eigenvalue weighted by Gasteiger charge is 2.39. The Hall–Kier alpha value is -3.54. The van der Waals surface area contributed by atoms with Gasteiger partial charge in [-0.3, -0.25) is 9.59 Å². The zero-order valence-corrected chi connectivity index (χ0v) is 19.1. The van der Waals surface area contributed by atoms with Gasteiger partial charge in [0.25, 0.3) is 11.5 Å². The lowest BCUT2D eigenvalue weighted by Crippen LogP contribution is -2.47. The van der Waals surface area contributed by atoms with Crippen molar-refractivity contribution < 1.29 is 31.5 Å². The molecule has 1 saturated heterocycles. The summed E-state index contributed by atoms with van der Waals surface area (Å²) in [6.07, 6.45) is -2.39. The summed E-state index contributed by atoms with van der Waals surface area (Å²) in [4.78, 5) is 31.7. The molecule has 12 heteroatoms. The van der Waals surface area contributed by atoms with Crippen molar-refractivity contribution in [1.82, 2.24) is 19.0 Å². The molecule has 2 aromatic heterocycles. The molecule has 0 N–H and O–H groups in total. The van der Waals surface area contributed by atoms with Crippen LogP contribution in [0.1, 0.15) is 46.3 Å². The number of amides is 1. The van der Waals surface area contributed by atoms with Crippen molar-refractivity contribution in [3.8, 4) is 5.69 Å². The van der Waals surface area contributed by atoms with Gasteiger partial charge in [-0.05, 0) is 49.6 Å². The van der Waals surface area contributed by atoms with E-state index < -0.39 is 35.6 Å². The van der Waals surface area contributed by atoms with Gasteiger partial charge in [-0.1, -0.05) is 0 Å². The van der Waals surface area contributed by atoms with E-state index >= 15 is 0 Å². The van der Waals surface area contributed by atoms with Gasteiger partial charge in [-0.15, -0.1) is 0 Å². The number of aryl methyl sites for hydroxylation is 1. The normalized spacial score (nSPS) is 20.2.